The van der Waals surface area contributed by atoms with E-state index in [1.54, 1.807) is 13.8 Å². The number of carboxylic acids is 1. The second kappa shape index (κ2) is 7.03. The summed E-state index contributed by atoms with van der Waals surface area (Å²) in [5.74, 6) is -0.895. The van der Waals surface area contributed by atoms with Gasteiger partial charge in [-0.2, -0.15) is 0 Å². The van der Waals surface area contributed by atoms with E-state index in [2.05, 4.69) is 39.5 Å². The van der Waals surface area contributed by atoms with Crippen LogP contribution in [0.25, 0.3) is 0 Å². The van der Waals surface area contributed by atoms with Gasteiger partial charge in [0.2, 0.25) is 0 Å². The van der Waals surface area contributed by atoms with Crippen molar-refractivity contribution in [2.45, 2.75) is 91.8 Å². The summed E-state index contributed by atoms with van der Waals surface area (Å²) in [6.45, 7) is 16.2. The summed E-state index contributed by atoms with van der Waals surface area (Å²) in [5, 5.41) is 9.60. The van der Waals surface area contributed by atoms with Crippen molar-refractivity contribution in [2.75, 3.05) is 6.54 Å². The Hall–Kier alpha value is -1.10. The molecule has 0 saturated carbocycles. The lowest BCUT2D eigenvalue weighted by Gasteiger charge is -2.61. The molecule has 1 N–H and O–H groups in total. The fraction of sp³-hybridized carbons (Fsp3) is 0.895. The monoisotopic (exact) mass is 341 g/mol. The van der Waals surface area contributed by atoms with Crippen LogP contribution in [0, 0.1) is 11.3 Å². The molecule has 0 aromatic rings. The third-order valence-electron chi connectivity index (χ3n) is 6.37. The lowest BCUT2D eigenvalue weighted by Crippen LogP contribution is -2.69. The Labute approximate surface area is 146 Å². The van der Waals surface area contributed by atoms with Crippen LogP contribution in [0.15, 0.2) is 0 Å². The molecule has 4 unspecified atom stereocenters. The van der Waals surface area contributed by atoms with Crippen LogP contribution in [0.5, 0.6) is 0 Å². The van der Waals surface area contributed by atoms with Crippen molar-refractivity contribution in [1.82, 2.24) is 4.90 Å². The first-order valence-corrected chi connectivity index (χ1v) is 9.02. The fourth-order valence-electron chi connectivity index (χ4n) is 4.02. The van der Waals surface area contributed by atoms with Gasteiger partial charge in [-0.1, -0.05) is 20.8 Å². The minimum Gasteiger partial charge on any atom is -0.481 e. The minimum atomic E-state index is -0.832. The number of esters is 1. The Kier molecular flexibility index (Phi) is 6.13. The van der Waals surface area contributed by atoms with Gasteiger partial charge < -0.3 is 9.84 Å². The number of nitrogens with zero attached hydrogens (tertiary/aromatic N) is 1. The number of carboxylic acid groups (broad SMARTS) is 1. The molecule has 1 heterocycles. The Morgan fingerprint density at radius 1 is 1.25 bits per heavy atom. The Bertz CT molecular complexity index is 490. The molecule has 1 aliphatic rings. The van der Waals surface area contributed by atoms with E-state index in [1.165, 1.54) is 6.92 Å². The molecule has 4 atom stereocenters. The van der Waals surface area contributed by atoms with E-state index < -0.39 is 11.4 Å². The molecule has 0 aromatic heterocycles. The molecule has 0 radical (unpaired) electrons. The molecule has 5 heteroatoms. The Morgan fingerprint density at radius 3 is 2.17 bits per heavy atom. The molecule has 1 aliphatic heterocycles. The molecule has 1 rings (SSSR count). The van der Waals surface area contributed by atoms with Gasteiger partial charge in [0.05, 0.1) is 5.41 Å². The second-order valence-electron chi connectivity index (χ2n) is 8.48. The average molecular weight is 341 g/mol. The van der Waals surface area contributed by atoms with Gasteiger partial charge in [-0.15, -0.1) is 0 Å². The molecule has 5 nitrogen and oxygen atoms in total. The van der Waals surface area contributed by atoms with E-state index in [9.17, 15) is 14.7 Å². The zero-order valence-corrected chi connectivity index (χ0v) is 16.6. The van der Waals surface area contributed by atoms with Gasteiger partial charge in [0.25, 0.3) is 0 Å². The summed E-state index contributed by atoms with van der Waals surface area (Å²) in [7, 11) is 0. The van der Waals surface area contributed by atoms with Gasteiger partial charge in [-0.25, -0.2) is 0 Å². The molecule has 0 aliphatic carbocycles. The first kappa shape index (κ1) is 20.9. The van der Waals surface area contributed by atoms with Crippen molar-refractivity contribution in [2.24, 2.45) is 11.3 Å². The molecule has 0 amide bonds. The topological polar surface area (TPSA) is 66.8 Å². The maximum atomic E-state index is 11.7. The molecule has 0 spiro atoms. The molecule has 0 aromatic carbocycles. The maximum absolute atomic E-state index is 11.7. The van der Waals surface area contributed by atoms with Gasteiger partial charge in [0.15, 0.2) is 0 Å². The SMILES string of the molecule is CCC1(C)CC(OC(C)=O)C(C)C(C)(CC)N1CC(C)(C)C(=O)O. The van der Waals surface area contributed by atoms with E-state index >= 15 is 0 Å². The maximum Gasteiger partial charge on any atom is 0.310 e. The van der Waals surface area contributed by atoms with Crippen LogP contribution in [0.1, 0.15) is 74.7 Å². The standard InChI is InChI=1S/C19H35NO4/c1-9-18(7)11-15(24-14(4)21)13(3)19(8,10-2)20(18)12-17(5,6)16(22)23/h13,15H,9-12H2,1-8H3,(H,22,23). The number of carbonyl (C=O) groups is 2. The number of piperidine rings is 1. The molecule has 140 valence electrons. The van der Waals surface area contributed by atoms with Crippen molar-refractivity contribution >= 4 is 11.9 Å². The van der Waals surface area contributed by atoms with Gasteiger partial charge >= 0.3 is 11.9 Å². The van der Waals surface area contributed by atoms with Crippen LogP contribution >= 0.6 is 0 Å². The summed E-state index contributed by atoms with van der Waals surface area (Å²) in [6, 6.07) is 0. The highest BCUT2D eigenvalue weighted by Crippen LogP contribution is 2.47. The van der Waals surface area contributed by atoms with Gasteiger partial charge in [-0.05, 0) is 40.5 Å². The lowest BCUT2D eigenvalue weighted by molar-refractivity contribution is -0.181. The van der Waals surface area contributed by atoms with Crippen molar-refractivity contribution in [1.29, 1.82) is 0 Å². The van der Waals surface area contributed by atoms with Gasteiger partial charge in [-0.3, -0.25) is 14.5 Å². The van der Waals surface area contributed by atoms with Crippen LogP contribution in [-0.4, -0.2) is 45.7 Å². The third kappa shape index (κ3) is 3.76. The molecule has 24 heavy (non-hydrogen) atoms. The predicted octanol–water partition coefficient (Wildman–Crippen LogP) is 3.71. The Morgan fingerprint density at radius 2 is 1.79 bits per heavy atom. The van der Waals surface area contributed by atoms with E-state index in [-0.39, 0.29) is 29.1 Å². The number of ether oxygens (including phenoxy) is 1. The fourth-order valence-corrected chi connectivity index (χ4v) is 4.02. The third-order valence-corrected chi connectivity index (χ3v) is 6.37. The van der Waals surface area contributed by atoms with Crippen LogP contribution in [0.3, 0.4) is 0 Å². The van der Waals surface area contributed by atoms with E-state index in [0.717, 1.165) is 19.3 Å². The number of likely N-dealkylation sites (tertiary alicyclic amines) is 1. The first-order chi connectivity index (χ1) is 10.8. The Balaban J connectivity index is 3.32. The van der Waals surface area contributed by atoms with Crippen LogP contribution in [0.2, 0.25) is 0 Å². The number of aliphatic carboxylic acids is 1. The quantitative estimate of drug-likeness (QED) is 0.746. The first-order valence-electron chi connectivity index (χ1n) is 9.02. The van der Waals surface area contributed by atoms with Gasteiger partial charge in [0.1, 0.15) is 6.10 Å². The molecular formula is C19H35NO4. The molecular weight excluding hydrogens is 306 g/mol. The largest absolute Gasteiger partial charge is 0.481 e. The predicted molar refractivity (Wildman–Crippen MR) is 94.8 cm³/mol. The summed E-state index contributed by atoms with van der Waals surface area (Å²) >= 11 is 0. The summed E-state index contributed by atoms with van der Waals surface area (Å²) < 4.78 is 5.64. The summed E-state index contributed by atoms with van der Waals surface area (Å²) in [6.07, 6.45) is 2.34. The minimum absolute atomic E-state index is 0.135. The average Bonchev–Trinajstić information content (AvgIpc) is 2.48. The zero-order chi connectivity index (χ0) is 18.9. The zero-order valence-electron chi connectivity index (χ0n) is 16.6. The highest BCUT2D eigenvalue weighted by Gasteiger charge is 2.55. The summed E-state index contributed by atoms with van der Waals surface area (Å²) in [4.78, 5) is 25.6. The lowest BCUT2D eigenvalue weighted by atomic mass is 9.67. The second-order valence-corrected chi connectivity index (χ2v) is 8.48. The molecule has 1 fully saturated rings. The number of carbonyl (C=O) groups excluding carboxylic acids is 1. The highest BCUT2D eigenvalue weighted by molar-refractivity contribution is 5.74. The van der Waals surface area contributed by atoms with Crippen LogP contribution < -0.4 is 0 Å². The number of hydrogen-bond acceptors (Lipinski definition) is 4. The van der Waals surface area contributed by atoms with E-state index in [0.29, 0.717) is 6.54 Å². The highest BCUT2D eigenvalue weighted by atomic mass is 16.5. The normalized spacial score (nSPS) is 34.8. The van der Waals surface area contributed by atoms with Gasteiger partial charge in [0, 0.05) is 36.9 Å². The number of hydrogen-bond donors (Lipinski definition) is 1. The molecule has 1 saturated heterocycles. The summed E-state index contributed by atoms with van der Waals surface area (Å²) in [5.41, 5.74) is -1.26. The number of rotatable bonds is 6. The van der Waals surface area contributed by atoms with E-state index in [4.69, 9.17) is 4.74 Å². The van der Waals surface area contributed by atoms with Crippen molar-refractivity contribution in [3.63, 3.8) is 0 Å². The van der Waals surface area contributed by atoms with E-state index in [1.807, 2.05) is 0 Å². The van der Waals surface area contributed by atoms with Crippen LogP contribution in [0.4, 0.5) is 0 Å². The molecule has 0 bridgehead atoms. The van der Waals surface area contributed by atoms with Crippen molar-refractivity contribution in [3.8, 4) is 0 Å². The van der Waals surface area contributed by atoms with Crippen molar-refractivity contribution < 1.29 is 19.4 Å². The van der Waals surface area contributed by atoms with Crippen LogP contribution in [-0.2, 0) is 14.3 Å². The van der Waals surface area contributed by atoms with Crippen molar-refractivity contribution in [3.05, 3.63) is 0 Å². The smallest absolute Gasteiger partial charge is 0.310 e.